The molecule has 112 valence electrons. The topological polar surface area (TPSA) is 52.0 Å². The van der Waals surface area contributed by atoms with Crippen molar-refractivity contribution in [2.45, 2.75) is 45.9 Å². The highest BCUT2D eigenvalue weighted by Crippen LogP contribution is 2.17. The van der Waals surface area contributed by atoms with Crippen LogP contribution in [0.1, 0.15) is 37.0 Å². The lowest BCUT2D eigenvalue weighted by atomic mass is 10.2. The first-order valence-electron chi connectivity index (χ1n) is 7.70. The molecule has 0 fully saturated rings. The molecule has 2 aromatic rings. The van der Waals surface area contributed by atoms with Gasteiger partial charge in [-0.05, 0) is 37.1 Å². The van der Waals surface area contributed by atoms with Gasteiger partial charge in [0.15, 0.2) is 5.82 Å². The van der Waals surface area contributed by atoms with Gasteiger partial charge in [0.05, 0.1) is 0 Å². The Kier molecular flexibility index (Phi) is 4.50. The molecule has 3 rings (SSSR count). The first-order chi connectivity index (χ1) is 10.4. The van der Waals surface area contributed by atoms with Gasteiger partial charge >= 0.3 is 0 Å². The third kappa shape index (κ3) is 3.42. The van der Waals surface area contributed by atoms with Gasteiger partial charge in [0.25, 0.3) is 0 Å². The average Bonchev–Trinajstić information content (AvgIpc) is 2.95. The quantitative estimate of drug-likeness (QED) is 0.885. The van der Waals surface area contributed by atoms with Crippen molar-refractivity contribution in [3.8, 4) is 5.75 Å². The van der Waals surface area contributed by atoms with Crippen LogP contribution < -0.4 is 10.1 Å². The molecule has 1 aliphatic rings. The van der Waals surface area contributed by atoms with Gasteiger partial charge in [-0.1, -0.05) is 19.1 Å². The van der Waals surface area contributed by atoms with Gasteiger partial charge in [0.2, 0.25) is 0 Å². The van der Waals surface area contributed by atoms with Crippen molar-refractivity contribution in [3.63, 3.8) is 0 Å². The largest absolute Gasteiger partial charge is 0.486 e. The summed E-state index contributed by atoms with van der Waals surface area (Å²) in [4.78, 5) is 0. The summed E-state index contributed by atoms with van der Waals surface area (Å²) in [6, 6.07) is 8.22. The number of aromatic nitrogens is 3. The molecule has 5 heteroatoms. The Hall–Kier alpha value is -1.88. The van der Waals surface area contributed by atoms with Crippen LogP contribution in [0.4, 0.5) is 0 Å². The minimum atomic E-state index is 0.486. The van der Waals surface area contributed by atoms with Crippen LogP contribution in [0.5, 0.6) is 5.75 Å². The predicted octanol–water partition coefficient (Wildman–Crippen LogP) is 2.30. The molecule has 0 unspecified atom stereocenters. The number of rotatable bonds is 6. The van der Waals surface area contributed by atoms with Crippen LogP contribution in [0, 0.1) is 0 Å². The summed E-state index contributed by atoms with van der Waals surface area (Å²) >= 11 is 0. The maximum atomic E-state index is 5.83. The van der Waals surface area contributed by atoms with Crippen LogP contribution in [-0.2, 0) is 26.1 Å². The highest BCUT2D eigenvalue weighted by atomic mass is 16.5. The molecule has 5 nitrogen and oxygen atoms in total. The van der Waals surface area contributed by atoms with E-state index in [1.165, 1.54) is 18.4 Å². The molecular weight excluding hydrogens is 264 g/mol. The van der Waals surface area contributed by atoms with Crippen LogP contribution >= 0.6 is 0 Å². The smallest absolute Gasteiger partial charge is 0.171 e. The summed E-state index contributed by atoms with van der Waals surface area (Å²) in [6.45, 7) is 5.49. The fraction of sp³-hybridized carbons (Fsp3) is 0.500. The average molecular weight is 286 g/mol. The van der Waals surface area contributed by atoms with Crippen molar-refractivity contribution < 1.29 is 4.74 Å². The number of fused-ring (bicyclic) bond motifs is 1. The Bertz CT molecular complexity index is 576. The zero-order chi connectivity index (χ0) is 14.5. The lowest BCUT2D eigenvalue weighted by molar-refractivity contribution is 0.286. The molecule has 0 bridgehead atoms. The highest BCUT2D eigenvalue weighted by Gasteiger charge is 2.15. The Labute approximate surface area is 125 Å². The molecule has 2 heterocycles. The zero-order valence-electron chi connectivity index (χ0n) is 12.5. The van der Waals surface area contributed by atoms with Crippen molar-refractivity contribution in [1.82, 2.24) is 20.1 Å². The Morgan fingerprint density at radius 1 is 1.19 bits per heavy atom. The molecule has 0 saturated carbocycles. The zero-order valence-corrected chi connectivity index (χ0v) is 12.5. The maximum absolute atomic E-state index is 5.83. The molecular formula is C16H22N4O. The number of ether oxygens (including phenoxy) is 1. The third-order valence-electron chi connectivity index (χ3n) is 3.81. The van der Waals surface area contributed by atoms with Crippen molar-refractivity contribution in [3.05, 3.63) is 41.5 Å². The van der Waals surface area contributed by atoms with Gasteiger partial charge in [-0.3, -0.25) is 0 Å². The van der Waals surface area contributed by atoms with E-state index in [0.717, 1.165) is 43.5 Å². The fourth-order valence-corrected chi connectivity index (χ4v) is 2.60. The van der Waals surface area contributed by atoms with Gasteiger partial charge < -0.3 is 14.6 Å². The molecule has 1 aromatic carbocycles. The van der Waals surface area contributed by atoms with E-state index >= 15 is 0 Å². The van der Waals surface area contributed by atoms with Gasteiger partial charge in [-0.2, -0.15) is 0 Å². The van der Waals surface area contributed by atoms with Crippen LogP contribution in [0.3, 0.4) is 0 Å². The molecule has 1 N–H and O–H groups in total. The number of hydrogen-bond acceptors (Lipinski definition) is 4. The monoisotopic (exact) mass is 286 g/mol. The molecule has 0 saturated heterocycles. The van der Waals surface area contributed by atoms with Crippen LogP contribution in [0.15, 0.2) is 24.3 Å². The minimum Gasteiger partial charge on any atom is -0.486 e. The number of hydrogen-bond donors (Lipinski definition) is 1. The first-order valence-corrected chi connectivity index (χ1v) is 7.70. The summed E-state index contributed by atoms with van der Waals surface area (Å²) < 4.78 is 8.03. The number of nitrogens with zero attached hydrogens (tertiary/aromatic N) is 3. The Morgan fingerprint density at radius 3 is 2.86 bits per heavy atom. The molecule has 0 amide bonds. The lowest BCUT2D eigenvalue weighted by Gasteiger charge is -2.15. The van der Waals surface area contributed by atoms with Crippen LogP contribution in [0.25, 0.3) is 0 Å². The first kappa shape index (κ1) is 14.1. The van der Waals surface area contributed by atoms with Gasteiger partial charge in [-0.15, -0.1) is 10.2 Å². The van der Waals surface area contributed by atoms with Crippen molar-refractivity contribution in [2.24, 2.45) is 0 Å². The Balaban J connectivity index is 1.58. The van der Waals surface area contributed by atoms with Crippen molar-refractivity contribution in [1.29, 1.82) is 0 Å². The van der Waals surface area contributed by atoms with Crippen LogP contribution in [0.2, 0.25) is 0 Å². The van der Waals surface area contributed by atoms with Gasteiger partial charge in [0, 0.05) is 19.5 Å². The van der Waals surface area contributed by atoms with E-state index < -0.39 is 0 Å². The molecule has 0 radical (unpaired) electrons. The van der Waals surface area contributed by atoms with E-state index in [0.29, 0.717) is 6.61 Å². The van der Waals surface area contributed by atoms with Crippen molar-refractivity contribution >= 4 is 0 Å². The number of benzene rings is 1. The van der Waals surface area contributed by atoms with E-state index in [2.05, 4.69) is 39.1 Å². The lowest BCUT2D eigenvalue weighted by Crippen LogP contribution is -2.14. The fourth-order valence-electron chi connectivity index (χ4n) is 2.60. The minimum absolute atomic E-state index is 0.486. The second-order valence-corrected chi connectivity index (χ2v) is 5.35. The van der Waals surface area contributed by atoms with Crippen molar-refractivity contribution in [2.75, 3.05) is 6.54 Å². The summed E-state index contributed by atoms with van der Waals surface area (Å²) in [6.07, 6.45) is 3.45. The van der Waals surface area contributed by atoms with E-state index in [1.807, 2.05) is 12.1 Å². The maximum Gasteiger partial charge on any atom is 0.171 e. The number of nitrogens with one attached hydrogen (secondary N) is 1. The van der Waals surface area contributed by atoms with Gasteiger partial charge in [0.1, 0.15) is 18.2 Å². The van der Waals surface area contributed by atoms with Gasteiger partial charge in [-0.25, -0.2) is 0 Å². The number of aryl methyl sites for hydroxylation is 1. The second-order valence-electron chi connectivity index (χ2n) is 5.35. The third-order valence-corrected chi connectivity index (χ3v) is 3.81. The summed E-state index contributed by atoms with van der Waals surface area (Å²) in [5.41, 5.74) is 1.27. The predicted molar refractivity (Wildman–Crippen MR) is 81.1 cm³/mol. The SMILES string of the molecule is CCNCc1ccc(OCc2nnc3n2CCCC3)cc1. The second kappa shape index (κ2) is 6.72. The molecule has 0 atom stereocenters. The normalized spacial score (nSPS) is 14.0. The highest BCUT2D eigenvalue weighted by molar-refractivity contribution is 5.27. The van der Waals surface area contributed by atoms with E-state index in [-0.39, 0.29) is 0 Å². The summed E-state index contributed by atoms with van der Waals surface area (Å²) in [7, 11) is 0. The summed E-state index contributed by atoms with van der Waals surface area (Å²) in [5, 5.41) is 11.8. The molecule has 0 spiro atoms. The van der Waals surface area contributed by atoms with E-state index in [1.54, 1.807) is 0 Å². The molecule has 1 aromatic heterocycles. The molecule has 0 aliphatic carbocycles. The standard InChI is InChI=1S/C16H22N4O/c1-2-17-11-13-6-8-14(9-7-13)21-12-16-19-18-15-5-3-4-10-20(15)16/h6-9,17H,2-5,10-12H2,1H3. The molecule has 1 aliphatic heterocycles. The molecule has 21 heavy (non-hydrogen) atoms. The Morgan fingerprint density at radius 2 is 2.05 bits per heavy atom. The van der Waals surface area contributed by atoms with E-state index in [4.69, 9.17) is 4.74 Å². The van der Waals surface area contributed by atoms with Crippen LogP contribution in [-0.4, -0.2) is 21.3 Å². The summed E-state index contributed by atoms with van der Waals surface area (Å²) in [5.74, 6) is 2.91. The van der Waals surface area contributed by atoms with E-state index in [9.17, 15) is 0 Å².